The molecule has 0 aliphatic heterocycles. The summed E-state index contributed by atoms with van der Waals surface area (Å²) in [6, 6.07) is 10.6. The second kappa shape index (κ2) is 12.0. The van der Waals surface area contributed by atoms with Gasteiger partial charge in [-0.05, 0) is 61.0 Å². The van der Waals surface area contributed by atoms with E-state index in [-0.39, 0.29) is 11.6 Å². The molecule has 3 aromatic carbocycles. The van der Waals surface area contributed by atoms with Gasteiger partial charge in [0, 0.05) is 35.1 Å². The van der Waals surface area contributed by atoms with Gasteiger partial charge in [0.25, 0.3) is 0 Å². The first-order valence-corrected chi connectivity index (χ1v) is 14.2. The Bertz CT molecular complexity index is 1750. The van der Waals surface area contributed by atoms with E-state index in [0.717, 1.165) is 6.07 Å². The maximum absolute atomic E-state index is 15.0. The van der Waals surface area contributed by atoms with Crippen LogP contribution in [0.5, 0.6) is 0 Å². The summed E-state index contributed by atoms with van der Waals surface area (Å²) in [5, 5.41) is 10.2. The lowest BCUT2D eigenvalue weighted by Gasteiger charge is -2.14. The molecule has 0 aliphatic rings. The normalized spacial score (nSPS) is 12.7. The van der Waals surface area contributed by atoms with Gasteiger partial charge in [0.05, 0.1) is 26.7 Å². The van der Waals surface area contributed by atoms with E-state index in [4.69, 9.17) is 4.78 Å². The minimum absolute atomic E-state index is 0.177. The molecule has 0 radical (unpaired) electrons. The molecule has 42 heavy (non-hydrogen) atoms. The number of nitrogens with zero attached hydrogens (tertiary/aromatic N) is 2. The standard InChI is InChI=1S/C27H24F5N7O2S/c1-3-34-24-19(14-35-25(39-24)36-17-5-4-6-18(13-17)42(2,33)41)15-7-10-22(21(29)11-15)37-26(40)38-23-12-16(27(30,31)32)8-9-20(23)28/h4-14,33H,3H2,1-2H3,(H2,37,38,40)(H2,34,35,36,39). The highest BCUT2D eigenvalue weighted by Crippen LogP contribution is 2.33. The molecule has 4 rings (SSSR count). The van der Waals surface area contributed by atoms with Crippen molar-refractivity contribution in [2.45, 2.75) is 18.0 Å². The van der Waals surface area contributed by atoms with Crippen LogP contribution in [0.3, 0.4) is 0 Å². The van der Waals surface area contributed by atoms with Gasteiger partial charge in [-0.25, -0.2) is 27.5 Å². The molecule has 0 spiro atoms. The lowest BCUT2D eigenvalue weighted by Crippen LogP contribution is -2.21. The van der Waals surface area contributed by atoms with E-state index in [1.54, 1.807) is 24.3 Å². The average molecular weight is 606 g/mol. The number of halogens is 5. The summed E-state index contributed by atoms with van der Waals surface area (Å²) in [5.41, 5.74) is -0.937. The quantitative estimate of drug-likeness (QED) is 0.134. The van der Waals surface area contributed by atoms with Gasteiger partial charge in [-0.3, -0.25) is 0 Å². The Balaban J connectivity index is 1.53. The summed E-state index contributed by atoms with van der Waals surface area (Å²) in [6.45, 7) is 2.29. The molecular weight excluding hydrogens is 581 g/mol. The first-order valence-electron chi connectivity index (χ1n) is 12.2. The summed E-state index contributed by atoms with van der Waals surface area (Å²) >= 11 is 0. The first-order chi connectivity index (χ1) is 19.7. The van der Waals surface area contributed by atoms with Crippen molar-refractivity contribution in [2.24, 2.45) is 0 Å². The summed E-state index contributed by atoms with van der Waals surface area (Å²) in [6.07, 6.45) is -2.00. The SMILES string of the molecule is CCNc1nc(Nc2cccc(S(C)(=N)=O)c2)ncc1-c1ccc(NC(=O)Nc2cc(C(F)(F)F)ccc2F)c(F)c1. The molecule has 15 heteroatoms. The van der Waals surface area contributed by atoms with Crippen LogP contribution < -0.4 is 21.3 Å². The zero-order valence-electron chi connectivity index (χ0n) is 22.1. The van der Waals surface area contributed by atoms with Crippen LogP contribution in [0.15, 0.2) is 71.8 Å². The fourth-order valence-corrected chi connectivity index (χ4v) is 4.45. The topological polar surface area (TPSA) is 132 Å². The molecule has 5 N–H and O–H groups in total. The summed E-state index contributed by atoms with van der Waals surface area (Å²) in [4.78, 5) is 21.3. The Hall–Kier alpha value is -4.79. The van der Waals surface area contributed by atoms with Gasteiger partial charge in [-0.15, -0.1) is 0 Å². The van der Waals surface area contributed by atoms with Crippen LogP contribution in [0.2, 0.25) is 0 Å². The molecule has 2 amide bonds. The highest BCUT2D eigenvalue weighted by molar-refractivity contribution is 7.91. The fraction of sp³-hybridized carbons (Fsp3) is 0.148. The van der Waals surface area contributed by atoms with Crippen molar-refractivity contribution >= 4 is 44.6 Å². The lowest BCUT2D eigenvalue weighted by atomic mass is 10.1. The maximum atomic E-state index is 15.0. The molecule has 0 saturated heterocycles. The molecule has 1 atom stereocenters. The van der Waals surface area contributed by atoms with E-state index in [2.05, 4.69) is 25.9 Å². The van der Waals surface area contributed by atoms with Crippen LogP contribution >= 0.6 is 0 Å². The van der Waals surface area contributed by atoms with Crippen molar-refractivity contribution in [1.29, 1.82) is 4.78 Å². The van der Waals surface area contributed by atoms with Crippen LogP contribution in [-0.4, -0.2) is 33.0 Å². The second-order valence-corrected chi connectivity index (χ2v) is 11.1. The molecule has 0 saturated carbocycles. The lowest BCUT2D eigenvalue weighted by molar-refractivity contribution is -0.137. The van der Waals surface area contributed by atoms with Gasteiger partial charge in [0.1, 0.15) is 17.5 Å². The molecular formula is C27H24F5N7O2S. The molecule has 1 aromatic heterocycles. The largest absolute Gasteiger partial charge is 0.416 e. The predicted octanol–water partition coefficient (Wildman–Crippen LogP) is 7.30. The number of urea groups is 1. The third-order valence-electron chi connectivity index (χ3n) is 5.74. The summed E-state index contributed by atoms with van der Waals surface area (Å²) < 4.78 is 87.6. The van der Waals surface area contributed by atoms with E-state index in [0.29, 0.717) is 52.3 Å². The monoisotopic (exact) mass is 605 g/mol. The number of benzene rings is 3. The van der Waals surface area contributed by atoms with Crippen LogP contribution in [-0.2, 0) is 15.9 Å². The molecule has 1 heterocycles. The van der Waals surface area contributed by atoms with Crippen LogP contribution in [0.25, 0.3) is 11.1 Å². The van der Waals surface area contributed by atoms with Gasteiger partial charge < -0.3 is 21.3 Å². The Morgan fingerprint density at radius 1 is 0.976 bits per heavy atom. The molecule has 9 nitrogen and oxygen atoms in total. The Morgan fingerprint density at radius 2 is 1.71 bits per heavy atom. The first kappa shape index (κ1) is 30.2. The van der Waals surface area contributed by atoms with Crippen molar-refractivity contribution < 1.29 is 31.0 Å². The number of anilines is 5. The van der Waals surface area contributed by atoms with E-state index in [1.807, 2.05) is 12.2 Å². The third kappa shape index (κ3) is 7.28. The third-order valence-corrected chi connectivity index (χ3v) is 6.90. The van der Waals surface area contributed by atoms with Gasteiger partial charge >= 0.3 is 12.2 Å². The Labute approximate surface area is 237 Å². The maximum Gasteiger partial charge on any atom is 0.416 e. The van der Waals surface area contributed by atoms with Crippen molar-refractivity contribution in [3.63, 3.8) is 0 Å². The van der Waals surface area contributed by atoms with Gasteiger partial charge in [-0.2, -0.15) is 18.2 Å². The Kier molecular flexibility index (Phi) is 8.61. The predicted molar refractivity (Wildman–Crippen MR) is 150 cm³/mol. The average Bonchev–Trinajstić information content (AvgIpc) is 2.90. The molecule has 220 valence electrons. The van der Waals surface area contributed by atoms with Crippen LogP contribution in [0.4, 0.5) is 55.6 Å². The van der Waals surface area contributed by atoms with Crippen LogP contribution in [0.1, 0.15) is 12.5 Å². The minimum atomic E-state index is -4.75. The van der Waals surface area contributed by atoms with Crippen molar-refractivity contribution in [1.82, 2.24) is 9.97 Å². The Morgan fingerprint density at radius 3 is 2.38 bits per heavy atom. The fourth-order valence-electron chi connectivity index (χ4n) is 3.76. The summed E-state index contributed by atoms with van der Waals surface area (Å²) in [7, 11) is -2.93. The number of rotatable bonds is 8. The smallest absolute Gasteiger partial charge is 0.370 e. The molecule has 4 aromatic rings. The van der Waals surface area contributed by atoms with Crippen molar-refractivity contribution in [3.8, 4) is 11.1 Å². The van der Waals surface area contributed by atoms with Gasteiger partial charge in [-0.1, -0.05) is 12.1 Å². The molecule has 0 aliphatic carbocycles. The number of aromatic nitrogens is 2. The number of alkyl halides is 3. The number of amides is 2. The van der Waals surface area contributed by atoms with E-state index in [9.17, 15) is 31.0 Å². The number of carbonyl (C=O) groups is 1. The zero-order valence-corrected chi connectivity index (χ0v) is 22.9. The van der Waals surface area contributed by atoms with Crippen molar-refractivity contribution in [2.75, 3.05) is 34.1 Å². The van der Waals surface area contributed by atoms with Crippen LogP contribution in [0, 0.1) is 16.4 Å². The second-order valence-electron chi connectivity index (χ2n) is 8.95. The zero-order chi connectivity index (χ0) is 30.7. The molecule has 0 bridgehead atoms. The van der Waals surface area contributed by atoms with E-state index in [1.165, 1.54) is 24.6 Å². The number of nitrogens with one attached hydrogen (secondary N) is 5. The number of hydrogen-bond donors (Lipinski definition) is 5. The van der Waals surface area contributed by atoms with Gasteiger partial charge in [0.2, 0.25) is 5.95 Å². The number of carbonyl (C=O) groups excluding carboxylic acids is 1. The minimum Gasteiger partial charge on any atom is -0.370 e. The summed E-state index contributed by atoms with van der Waals surface area (Å²) in [5.74, 6) is -1.45. The van der Waals surface area contributed by atoms with E-state index < -0.39 is 44.8 Å². The highest BCUT2D eigenvalue weighted by atomic mass is 32.2. The van der Waals surface area contributed by atoms with Crippen molar-refractivity contribution in [3.05, 3.63) is 84.1 Å². The highest BCUT2D eigenvalue weighted by Gasteiger charge is 2.31. The van der Waals surface area contributed by atoms with E-state index >= 15 is 0 Å². The molecule has 0 fully saturated rings. The molecule has 1 unspecified atom stereocenters. The number of hydrogen-bond acceptors (Lipinski definition) is 7. The van der Waals surface area contributed by atoms with Gasteiger partial charge in [0.15, 0.2) is 0 Å².